The lowest BCUT2D eigenvalue weighted by molar-refractivity contribution is -0.952. The molecule has 0 aromatic heterocycles. The Morgan fingerprint density at radius 3 is 1.84 bits per heavy atom. The van der Waals surface area contributed by atoms with Crippen LogP contribution in [0.15, 0.2) is 24.3 Å². The van der Waals surface area contributed by atoms with Crippen LogP contribution in [0.25, 0.3) is 0 Å². The van der Waals surface area contributed by atoms with Crippen LogP contribution in [-0.4, -0.2) is 30.2 Å². The van der Waals surface area contributed by atoms with Gasteiger partial charge in [0.05, 0.1) is 20.1 Å². The Bertz CT molecular complexity index is 390. The highest BCUT2D eigenvalue weighted by molar-refractivity contribution is 5.20. The maximum Gasteiger partial charge on any atom is 0.121 e. The van der Waals surface area contributed by atoms with Crippen molar-refractivity contribution in [2.75, 3.05) is 20.1 Å². The van der Waals surface area contributed by atoms with Gasteiger partial charge < -0.3 is 16.9 Å². The summed E-state index contributed by atoms with van der Waals surface area (Å²) in [7, 11) is 2.47. The zero-order valence-electron chi connectivity index (χ0n) is 17.7. The second-order valence-electron chi connectivity index (χ2n) is 8.38. The van der Waals surface area contributed by atoms with Crippen LogP contribution in [0.4, 0.5) is 0 Å². The third-order valence-electron chi connectivity index (χ3n) is 6.73. The molecule has 0 aromatic rings. The predicted molar refractivity (Wildman–Crippen MR) is 109 cm³/mol. The van der Waals surface area contributed by atoms with Crippen LogP contribution < -0.4 is 12.4 Å². The zero-order chi connectivity index (χ0) is 17.9. The number of hydrogen-bond acceptors (Lipinski definition) is 0. The number of hydrogen-bond donors (Lipinski definition) is 0. The molecular formula is C23H44ClN. The highest BCUT2D eigenvalue weighted by Crippen LogP contribution is 2.35. The molecule has 0 bridgehead atoms. The fourth-order valence-corrected chi connectivity index (χ4v) is 4.19. The summed E-state index contributed by atoms with van der Waals surface area (Å²) in [5.74, 6) is 0.621. The van der Waals surface area contributed by atoms with Crippen LogP contribution in [0.1, 0.15) is 91.9 Å². The molecule has 0 fully saturated rings. The molecule has 1 rings (SSSR count). The third-order valence-corrected chi connectivity index (χ3v) is 6.73. The number of quaternary nitrogens is 1. The summed E-state index contributed by atoms with van der Waals surface area (Å²) in [6.07, 6.45) is 23.5. The van der Waals surface area contributed by atoms with Crippen molar-refractivity contribution in [1.29, 1.82) is 0 Å². The highest BCUT2D eigenvalue weighted by Gasteiger charge is 2.44. The van der Waals surface area contributed by atoms with E-state index in [1.54, 1.807) is 0 Å². The summed E-state index contributed by atoms with van der Waals surface area (Å²) in [6.45, 7) is 12.0. The van der Waals surface area contributed by atoms with E-state index in [0.717, 1.165) is 0 Å². The van der Waals surface area contributed by atoms with E-state index in [9.17, 15) is 0 Å². The monoisotopic (exact) mass is 369 g/mol. The standard InChI is InChI=1S/C23H44N.ClH/c1-6-8-9-10-11-12-13-14-15-18-21-24(5,7-2)23(4)20-17-16-19-22(23)3;/h16-17,19-20,22H,6-15,18,21H2,1-5H3;1H/q+1;/p-1. The molecule has 0 spiro atoms. The van der Waals surface area contributed by atoms with Crippen molar-refractivity contribution in [2.24, 2.45) is 5.92 Å². The molecule has 1 aliphatic carbocycles. The fourth-order valence-electron chi connectivity index (χ4n) is 4.19. The van der Waals surface area contributed by atoms with E-state index >= 15 is 0 Å². The zero-order valence-corrected chi connectivity index (χ0v) is 18.5. The summed E-state index contributed by atoms with van der Waals surface area (Å²) < 4.78 is 1.17. The smallest absolute Gasteiger partial charge is 0.121 e. The van der Waals surface area contributed by atoms with Crippen LogP contribution in [0, 0.1) is 5.92 Å². The number of likely N-dealkylation sites (N-methyl/N-ethyl adjacent to an activating group) is 1. The highest BCUT2D eigenvalue weighted by atomic mass is 35.5. The average molecular weight is 370 g/mol. The van der Waals surface area contributed by atoms with E-state index in [1.807, 2.05) is 0 Å². The normalized spacial score (nSPS) is 24.8. The van der Waals surface area contributed by atoms with Crippen LogP contribution in [-0.2, 0) is 0 Å². The Labute approximate surface area is 165 Å². The van der Waals surface area contributed by atoms with Crippen LogP contribution >= 0.6 is 0 Å². The summed E-state index contributed by atoms with van der Waals surface area (Å²) in [6, 6.07) is 0. The molecule has 3 unspecified atom stereocenters. The van der Waals surface area contributed by atoms with Gasteiger partial charge in [-0.05, 0) is 32.8 Å². The molecular weight excluding hydrogens is 326 g/mol. The van der Waals surface area contributed by atoms with E-state index in [0.29, 0.717) is 5.92 Å². The number of nitrogens with zero attached hydrogens (tertiary/aromatic N) is 1. The Morgan fingerprint density at radius 1 is 0.840 bits per heavy atom. The Balaban J connectivity index is 0.00000576. The van der Waals surface area contributed by atoms with Crippen molar-refractivity contribution >= 4 is 0 Å². The second kappa shape index (κ2) is 13.0. The number of rotatable bonds is 13. The predicted octanol–water partition coefficient (Wildman–Crippen LogP) is 3.90. The molecule has 0 amide bonds. The summed E-state index contributed by atoms with van der Waals surface area (Å²) in [5, 5.41) is 0. The van der Waals surface area contributed by atoms with Crippen molar-refractivity contribution in [3.8, 4) is 0 Å². The van der Waals surface area contributed by atoms with Gasteiger partial charge in [-0.15, -0.1) is 0 Å². The largest absolute Gasteiger partial charge is 1.00 e. The molecule has 1 nitrogen and oxygen atoms in total. The second-order valence-corrected chi connectivity index (χ2v) is 8.38. The van der Waals surface area contributed by atoms with Gasteiger partial charge in [0.15, 0.2) is 0 Å². The molecule has 0 saturated carbocycles. The van der Waals surface area contributed by atoms with Gasteiger partial charge in [0.1, 0.15) is 5.54 Å². The number of unbranched alkanes of at least 4 members (excludes halogenated alkanes) is 9. The lowest BCUT2D eigenvalue weighted by atomic mass is 9.79. The SMILES string of the molecule is CCCCCCCCCCCC[N+](C)(CC)C1(C)C=CC=CC1C.[Cl-]. The van der Waals surface area contributed by atoms with Gasteiger partial charge in [0, 0.05) is 5.92 Å². The van der Waals surface area contributed by atoms with E-state index in [-0.39, 0.29) is 17.9 Å². The van der Waals surface area contributed by atoms with Gasteiger partial charge in [-0.3, -0.25) is 0 Å². The third kappa shape index (κ3) is 7.47. The van der Waals surface area contributed by atoms with E-state index in [4.69, 9.17) is 0 Å². The minimum absolute atomic E-state index is 0. The summed E-state index contributed by atoms with van der Waals surface area (Å²) >= 11 is 0. The first-order chi connectivity index (χ1) is 11.5. The minimum atomic E-state index is 0. The van der Waals surface area contributed by atoms with Crippen molar-refractivity contribution in [3.05, 3.63) is 24.3 Å². The van der Waals surface area contributed by atoms with Crippen molar-refractivity contribution in [1.82, 2.24) is 0 Å². The van der Waals surface area contributed by atoms with Crippen LogP contribution in [0.5, 0.6) is 0 Å². The van der Waals surface area contributed by atoms with E-state index < -0.39 is 0 Å². The molecule has 2 heteroatoms. The van der Waals surface area contributed by atoms with Crippen molar-refractivity contribution in [3.63, 3.8) is 0 Å². The fraction of sp³-hybridized carbons (Fsp3) is 0.826. The van der Waals surface area contributed by atoms with E-state index in [1.165, 1.54) is 81.8 Å². The van der Waals surface area contributed by atoms with Crippen molar-refractivity contribution < 1.29 is 16.9 Å². The van der Waals surface area contributed by atoms with Gasteiger partial charge >= 0.3 is 0 Å². The number of halogens is 1. The van der Waals surface area contributed by atoms with Gasteiger partial charge in [-0.2, -0.15) is 0 Å². The molecule has 0 N–H and O–H groups in total. The first-order valence-corrected chi connectivity index (χ1v) is 10.7. The van der Waals surface area contributed by atoms with E-state index in [2.05, 4.69) is 59.0 Å². The minimum Gasteiger partial charge on any atom is -1.00 e. The molecule has 1 aliphatic rings. The van der Waals surface area contributed by atoms with Crippen molar-refractivity contribution in [2.45, 2.75) is 97.4 Å². The van der Waals surface area contributed by atoms with Gasteiger partial charge in [0.25, 0.3) is 0 Å². The Kier molecular flexibility index (Phi) is 12.8. The van der Waals surface area contributed by atoms with Gasteiger partial charge in [0.2, 0.25) is 0 Å². The van der Waals surface area contributed by atoms with Gasteiger partial charge in [-0.25, -0.2) is 0 Å². The maximum absolute atomic E-state index is 2.47. The lowest BCUT2D eigenvalue weighted by Crippen LogP contribution is -3.00. The first-order valence-electron chi connectivity index (χ1n) is 10.7. The van der Waals surface area contributed by atoms with Crippen LogP contribution in [0.2, 0.25) is 0 Å². The molecule has 148 valence electrons. The molecule has 25 heavy (non-hydrogen) atoms. The lowest BCUT2D eigenvalue weighted by Gasteiger charge is -2.51. The Hall–Kier alpha value is -0.270. The maximum atomic E-state index is 2.47. The first kappa shape index (κ1) is 24.7. The quantitative estimate of drug-likeness (QED) is 0.341. The summed E-state index contributed by atoms with van der Waals surface area (Å²) in [4.78, 5) is 0. The molecule has 0 aromatic carbocycles. The molecule has 3 atom stereocenters. The topological polar surface area (TPSA) is 0 Å². The van der Waals surface area contributed by atoms with Crippen LogP contribution in [0.3, 0.4) is 0 Å². The molecule has 0 saturated heterocycles. The number of allylic oxidation sites excluding steroid dienone is 2. The molecule has 0 heterocycles. The molecule has 0 radical (unpaired) electrons. The molecule has 0 aliphatic heterocycles. The Morgan fingerprint density at radius 2 is 1.36 bits per heavy atom. The average Bonchev–Trinajstić information content (AvgIpc) is 2.59. The van der Waals surface area contributed by atoms with Gasteiger partial charge in [-0.1, -0.05) is 83.4 Å². The summed E-state index contributed by atoms with van der Waals surface area (Å²) in [5.41, 5.74) is 0.253.